The minimum Gasteiger partial charge on any atom is -0.351 e. The van der Waals surface area contributed by atoms with E-state index in [1.807, 2.05) is 0 Å². The molecule has 0 aromatic heterocycles. The highest BCUT2D eigenvalue weighted by Crippen LogP contribution is 2.28. The predicted octanol–water partition coefficient (Wildman–Crippen LogP) is 1.48. The van der Waals surface area contributed by atoms with Crippen LogP contribution in [0.25, 0.3) is 0 Å². The summed E-state index contributed by atoms with van der Waals surface area (Å²) in [7, 11) is 2.17. The molecule has 3 heterocycles. The van der Waals surface area contributed by atoms with Crippen molar-refractivity contribution in [3.05, 3.63) is 11.1 Å². The van der Waals surface area contributed by atoms with Crippen LogP contribution in [0.5, 0.6) is 0 Å². The monoisotopic (exact) mass is 308 g/mol. The fourth-order valence-electron chi connectivity index (χ4n) is 3.24. The van der Waals surface area contributed by atoms with E-state index in [0.717, 1.165) is 31.2 Å². The van der Waals surface area contributed by atoms with Gasteiger partial charge in [0.05, 0.1) is 13.1 Å². The van der Waals surface area contributed by atoms with Gasteiger partial charge in [0.25, 0.3) is 0 Å². The van der Waals surface area contributed by atoms with Gasteiger partial charge in [-0.3, -0.25) is 9.79 Å². The average Bonchev–Trinajstić information content (AvgIpc) is 3.06. The van der Waals surface area contributed by atoms with Crippen molar-refractivity contribution in [3.8, 4) is 0 Å². The minimum atomic E-state index is 0.179. The smallest absolute Gasteiger partial charge is 0.220 e. The molecule has 0 radical (unpaired) electrons. The molecule has 3 aliphatic rings. The Hall–Kier alpha value is -1.01. The lowest BCUT2D eigenvalue weighted by molar-refractivity contribution is -0.121. The van der Waals surface area contributed by atoms with Gasteiger partial charge in [-0.05, 0) is 38.8 Å². The van der Waals surface area contributed by atoms with E-state index in [0.29, 0.717) is 18.9 Å². The summed E-state index contributed by atoms with van der Waals surface area (Å²) in [4.78, 5) is 21.0. The first kappa shape index (κ1) is 14.9. The zero-order valence-corrected chi connectivity index (χ0v) is 13.5. The molecule has 1 amide bonds. The fourth-order valence-corrected chi connectivity index (χ4v) is 4.19. The van der Waals surface area contributed by atoms with Gasteiger partial charge in [0.2, 0.25) is 5.91 Å². The number of thioether (sulfide) groups is 1. The molecule has 116 valence electrons. The van der Waals surface area contributed by atoms with E-state index >= 15 is 0 Å². The number of hydrogen-bond acceptors (Lipinski definition) is 5. The lowest BCUT2D eigenvalue weighted by atomic mass is 9.93. The van der Waals surface area contributed by atoms with Crippen molar-refractivity contribution in [1.82, 2.24) is 15.1 Å². The Kier molecular flexibility index (Phi) is 4.85. The van der Waals surface area contributed by atoms with Gasteiger partial charge < -0.3 is 15.1 Å². The molecule has 0 saturated carbocycles. The van der Waals surface area contributed by atoms with Crippen molar-refractivity contribution >= 4 is 22.8 Å². The van der Waals surface area contributed by atoms with Crippen LogP contribution in [-0.2, 0) is 4.79 Å². The lowest BCUT2D eigenvalue weighted by Gasteiger charge is -2.29. The topological polar surface area (TPSA) is 47.9 Å². The minimum absolute atomic E-state index is 0.179. The number of piperidine rings is 1. The maximum Gasteiger partial charge on any atom is 0.220 e. The van der Waals surface area contributed by atoms with Crippen LogP contribution < -0.4 is 5.32 Å². The normalized spacial score (nSPS) is 25.6. The SMILES string of the molecule is CN1CCC[C@@H](CCC(=O)NCC2=CSC3=NCCN23)C1. The van der Waals surface area contributed by atoms with E-state index in [2.05, 4.69) is 32.6 Å². The Labute approximate surface area is 130 Å². The van der Waals surface area contributed by atoms with E-state index < -0.39 is 0 Å². The van der Waals surface area contributed by atoms with Gasteiger partial charge in [0.15, 0.2) is 5.17 Å². The Balaban J connectivity index is 1.36. The Morgan fingerprint density at radius 3 is 3.29 bits per heavy atom. The van der Waals surface area contributed by atoms with Crippen LogP contribution in [0.3, 0.4) is 0 Å². The maximum absolute atomic E-state index is 12.0. The predicted molar refractivity (Wildman–Crippen MR) is 87.1 cm³/mol. The number of amidine groups is 1. The second-order valence-corrected chi connectivity index (χ2v) is 6.97. The number of likely N-dealkylation sites (tertiary alicyclic amines) is 1. The number of aliphatic imine (C=N–C) groups is 1. The van der Waals surface area contributed by atoms with Gasteiger partial charge in [0.1, 0.15) is 0 Å². The van der Waals surface area contributed by atoms with Crippen LogP contribution in [-0.4, -0.2) is 60.6 Å². The molecule has 0 spiro atoms. The fraction of sp³-hybridized carbons (Fsp3) is 0.733. The van der Waals surface area contributed by atoms with Crippen molar-refractivity contribution in [3.63, 3.8) is 0 Å². The van der Waals surface area contributed by atoms with Crippen molar-refractivity contribution in [2.45, 2.75) is 25.7 Å². The van der Waals surface area contributed by atoms with Gasteiger partial charge in [-0.1, -0.05) is 11.8 Å². The third-order valence-corrected chi connectivity index (χ3v) is 5.37. The van der Waals surface area contributed by atoms with Crippen LogP contribution in [0, 0.1) is 5.92 Å². The summed E-state index contributed by atoms with van der Waals surface area (Å²) >= 11 is 1.67. The summed E-state index contributed by atoms with van der Waals surface area (Å²) in [6.07, 6.45) is 4.21. The molecule has 6 heteroatoms. The Bertz CT molecular complexity index is 463. The van der Waals surface area contributed by atoms with Crippen molar-refractivity contribution in [1.29, 1.82) is 0 Å². The van der Waals surface area contributed by atoms with E-state index in [9.17, 15) is 4.79 Å². The zero-order chi connectivity index (χ0) is 14.7. The number of nitrogens with one attached hydrogen (secondary N) is 1. The van der Waals surface area contributed by atoms with Gasteiger partial charge in [0, 0.05) is 30.6 Å². The quantitative estimate of drug-likeness (QED) is 0.836. The molecule has 0 unspecified atom stereocenters. The van der Waals surface area contributed by atoms with Crippen LogP contribution in [0.15, 0.2) is 16.1 Å². The van der Waals surface area contributed by atoms with Crippen molar-refractivity contribution in [2.24, 2.45) is 10.9 Å². The Morgan fingerprint density at radius 2 is 2.43 bits per heavy atom. The third kappa shape index (κ3) is 3.80. The largest absolute Gasteiger partial charge is 0.351 e. The summed E-state index contributed by atoms with van der Waals surface area (Å²) in [6, 6.07) is 0. The van der Waals surface area contributed by atoms with E-state index in [1.54, 1.807) is 11.8 Å². The molecule has 0 aliphatic carbocycles. The molecule has 1 N–H and O–H groups in total. The number of hydrogen-bond donors (Lipinski definition) is 1. The van der Waals surface area contributed by atoms with E-state index in [1.165, 1.54) is 25.1 Å². The van der Waals surface area contributed by atoms with E-state index in [4.69, 9.17) is 0 Å². The molecule has 5 nitrogen and oxygen atoms in total. The third-order valence-electron chi connectivity index (χ3n) is 4.42. The number of rotatable bonds is 5. The molecule has 0 aromatic carbocycles. The zero-order valence-electron chi connectivity index (χ0n) is 12.7. The lowest BCUT2D eigenvalue weighted by Crippen LogP contribution is -2.34. The summed E-state index contributed by atoms with van der Waals surface area (Å²) in [5.41, 5.74) is 1.18. The highest BCUT2D eigenvalue weighted by atomic mass is 32.2. The number of nitrogens with zero attached hydrogens (tertiary/aromatic N) is 3. The first-order chi connectivity index (χ1) is 10.2. The molecular weight excluding hydrogens is 284 g/mol. The second kappa shape index (κ2) is 6.83. The van der Waals surface area contributed by atoms with Gasteiger partial charge in [-0.2, -0.15) is 0 Å². The number of carbonyl (C=O) groups is 1. The highest BCUT2D eigenvalue weighted by molar-refractivity contribution is 8.16. The van der Waals surface area contributed by atoms with Crippen LogP contribution in [0.2, 0.25) is 0 Å². The van der Waals surface area contributed by atoms with Gasteiger partial charge in [-0.25, -0.2) is 0 Å². The van der Waals surface area contributed by atoms with Gasteiger partial charge in [-0.15, -0.1) is 0 Å². The molecule has 21 heavy (non-hydrogen) atoms. The molecular formula is C15H24N4OS. The number of amides is 1. The molecule has 3 rings (SSSR count). The number of carbonyl (C=O) groups excluding carboxylic acids is 1. The first-order valence-corrected chi connectivity index (χ1v) is 8.73. The molecule has 0 aromatic rings. The van der Waals surface area contributed by atoms with Gasteiger partial charge >= 0.3 is 0 Å². The first-order valence-electron chi connectivity index (χ1n) is 7.85. The Morgan fingerprint density at radius 1 is 1.52 bits per heavy atom. The van der Waals surface area contributed by atoms with E-state index in [-0.39, 0.29) is 5.91 Å². The summed E-state index contributed by atoms with van der Waals surface area (Å²) in [6.45, 7) is 4.81. The van der Waals surface area contributed by atoms with Crippen LogP contribution in [0.4, 0.5) is 0 Å². The highest BCUT2D eigenvalue weighted by Gasteiger charge is 2.26. The molecule has 1 atom stereocenters. The number of fused-ring (bicyclic) bond motifs is 1. The summed E-state index contributed by atoms with van der Waals surface area (Å²) in [5.74, 6) is 0.867. The maximum atomic E-state index is 12.0. The molecule has 0 bridgehead atoms. The standard InChI is InChI=1S/C15H24N4OS/c1-18-7-2-3-12(10-18)4-5-14(20)17-9-13-11-21-15-16-6-8-19(13)15/h11-12H,2-10H2,1H3,(H,17,20)/t12-/m0/s1. The summed E-state index contributed by atoms with van der Waals surface area (Å²) < 4.78 is 0. The summed E-state index contributed by atoms with van der Waals surface area (Å²) in [5, 5.41) is 6.25. The van der Waals surface area contributed by atoms with Crippen molar-refractivity contribution in [2.75, 3.05) is 39.8 Å². The molecule has 3 aliphatic heterocycles. The molecule has 1 fully saturated rings. The average molecular weight is 308 g/mol. The van der Waals surface area contributed by atoms with Crippen LogP contribution >= 0.6 is 11.8 Å². The molecule has 1 saturated heterocycles. The van der Waals surface area contributed by atoms with Crippen molar-refractivity contribution < 1.29 is 4.79 Å². The van der Waals surface area contributed by atoms with Crippen LogP contribution in [0.1, 0.15) is 25.7 Å². The second-order valence-electron chi connectivity index (χ2n) is 6.13.